The molecule has 3 heteroatoms. The largest absolute Gasteiger partial charge is 0.307 e. The predicted molar refractivity (Wildman–Crippen MR) is 36.7 cm³/mol. The second-order valence-corrected chi connectivity index (χ2v) is 1.40. The second kappa shape index (κ2) is 5.62. The topological polar surface area (TPSA) is 47.0 Å². The van der Waals surface area contributed by atoms with E-state index in [-0.39, 0.29) is 0 Å². The molecule has 0 amide bonds. The molecule has 1 rings (SSSR count). The molecule has 3 nitrogen and oxygen atoms in total. The van der Waals surface area contributed by atoms with E-state index in [4.69, 9.17) is 4.79 Å². The van der Waals surface area contributed by atoms with E-state index in [2.05, 4.69) is 4.98 Å². The van der Waals surface area contributed by atoms with E-state index in [9.17, 15) is 4.79 Å². The van der Waals surface area contributed by atoms with Gasteiger partial charge in [0.15, 0.2) is 0 Å². The summed E-state index contributed by atoms with van der Waals surface area (Å²) in [7, 11) is 0. The van der Waals surface area contributed by atoms with Crippen molar-refractivity contribution in [3.8, 4) is 0 Å². The molecule has 0 N–H and O–H groups in total. The van der Waals surface area contributed by atoms with Crippen molar-refractivity contribution in [1.29, 1.82) is 0 Å². The number of carbonyl (C=O) groups excluding carboxylic acids is 2. The van der Waals surface area contributed by atoms with Crippen LogP contribution in [0.25, 0.3) is 0 Å². The lowest BCUT2D eigenvalue weighted by molar-refractivity contribution is -0.0979. The van der Waals surface area contributed by atoms with Crippen LogP contribution in [-0.4, -0.2) is 18.1 Å². The molecule has 0 fully saturated rings. The third kappa shape index (κ3) is 2.71. The maximum absolute atomic E-state index is 9.98. The Kier molecular flexibility index (Phi) is 4.77. The Balaban J connectivity index is 0.000000371. The van der Waals surface area contributed by atoms with Gasteiger partial charge in [-0.05, 0) is 12.1 Å². The standard InChI is InChI=1S/C6H5NO.CH2O/c8-5-6-1-3-7-4-2-6;1-2/h1-5H;1H2. The van der Waals surface area contributed by atoms with Gasteiger partial charge in [-0.2, -0.15) is 0 Å². The Labute approximate surface area is 58.7 Å². The summed E-state index contributed by atoms with van der Waals surface area (Å²) in [5.74, 6) is 0. The Morgan fingerprint density at radius 3 is 2.10 bits per heavy atom. The molecular formula is C7H7NO2. The van der Waals surface area contributed by atoms with Crippen molar-refractivity contribution in [2.24, 2.45) is 0 Å². The fourth-order valence-corrected chi connectivity index (χ4v) is 0.442. The minimum atomic E-state index is 0.667. The van der Waals surface area contributed by atoms with E-state index in [0.717, 1.165) is 6.29 Å². The van der Waals surface area contributed by atoms with Crippen molar-refractivity contribution in [3.63, 3.8) is 0 Å². The molecule has 1 heterocycles. The number of pyridine rings is 1. The molecule has 1 aromatic heterocycles. The van der Waals surface area contributed by atoms with E-state index in [0.29, 0.717) is 5.56 Å². The molecule has 0 unspecified atom stereocenters. The van der Waals surface area contributed by atoms with Crippen LogP contribution in [0.5, 0.6) is 0 Å². The summed E-state index contributed by atoms with van der Waals surface area (Å²) in [6.45, 7) is 2.00. The van der Waals surface area contributed by atoms with Gasteiger partial charge in [0.25, 0.3) is 0 Å². The van der Waals surface area contributed by atoms with Crippen LogP contribution in [0, 0.1) is 0 Å². The molecule has 10 heavy (non-hydrogen) atoms. The van der Waals surface area contributed by atoms with Crippen LogP contribution in [0.2, 0.25) is 0 Å². The van der Waals surface area contributed by atoms with Crippen LogP contribution >= 0.6 is 0 Å². The number of rotatable bonds is 1. The van der Waals surface area contributed by atoms with Gasteiger partial charge in [0.1, 0.15) is 13.1 Å². The zero-order chi connectivity index (χ0) is 7.82. The smallest absolute Gasteiger partial charge is 0.150 e. The average molecular weight is 137 g/mol. The predicted octanol–water partition coefficient (Wildman–Crippen LogP) is 0.709. The maximum atomic E-state index is 9.98. The minimum absolute atomic E-state index is 0.667. The molecule has 0 saturated heterocycles. The van der Waals surface area contributed by atoms with Crippen molar-refractivity contribution in [3.05, 3.63) is 30.1 Å². The van der Waals surface area contributed by atoms with Gasteiger partial charge in [0.05, 0.1) is 0 Å². The van der Waals surface area contributed by atoms with E-state index in [1.807, 2.05) is 6.79 Å². The van der Waals surface area contributed by atoms with E-state index >= 15 is 0 Å². The lowest BCUT2D eigenvalue weighted by Crippen LogP contribution is -1.76. The summed E-state index contributed by atoms with van der Waals surface area (Å²) >= 11 is 0. The summed E-state index contributed by atoms with van der Waals surface area (Å²) in [5, 5.41) is 0. The molecule has 1 aromatic rings. The normalized spacial score (nSPS) is 7.20. The SMILES string of the molecule is C=O.O=Cc1ccncc1. The van der Waals surface area contributed by atoms with Crippen molar-refractivity contribution < 1.29 is 9.59 Å². The summed E-state index contributed by atoms with van der Waals surface area (Å²) in [5.41, 5.74) is 0.667. The van der Waals surface area contributed by atoms with Gasteiger partial charge in [-0.25, -0.2) is 0 Å². The van der Waals surface area contributed by atoms with E-state index in [1.165, 1.54) is 0 Å². The van der Waals surface area contributed by atoms with Crippen molar-refractivity contribution in [1.82, 2.24) is 4.98 Å². The number of aromatic nitrogens is 1. The van der Waals surface area contributed by atoms with Gasteiger partial charge in [-0.3, -0.25) is 9.78 Å². The van der Waals surface area contributed by atoms with Gasteiger partial charge < -0.3 is 4.79 Å². The molecule has 0 spiro atoms. The Morgan fingerprint density at radius 2 is 1.80 bits per heavy atom. The Bertz CT molecular complexity index is 186. The van der Waals surface area contributed by atoms with Gasteiger partial charge >= 0.3 is 0 Å². The number of aldehydes is 1. The minimum Gasteiger partial charge on any atom is -0.307 e. The summed E-state index contributed by atoms with van der Waals surface area (Å²) in [4.78, 5) is 21.7. The Hall–Kier alpha value is -1.51. The summed E-state index contributed by atoms with van der Waals surface area (Å²) < 4.78 is 0. The maximum Gasteiger partial charge on any atom is 0.150 e. The molecule has 0 radical (unpaired) electrons. The third-order valence-corrected chi connectivity index (χ3v) is 0.842. The molecule has 0 aromatic carbocycles. The van der Waals surface area contributed by atoms with Crippen LogP contribution in [-0.2, 0) is 4.79 Å². The van der Waals surface area contributed by atoms with Gasteiger partial charge in [-0.1, -0.05) is 0 Å². The highest BCUT2D eigenvalue weighted by atomic mass is 16.1. The Morgan fingerprint density at radius 1 is 1.30 bits per heavy atom. The van der Waals surface area contributed by atoms with Crippen LogP contribution in [0.3, 0.4) is 0 Å². The number of hydrogen-bond donors (Lipinski definition) is 0. The monoisotopic (exact) mass is 137 g/mol. The molecule has 0 bridgehead atoms. The first-order valence-electron chi connectivity index (χ1n) is 2.57. The first kappa shape index (κ1) is 8.49. The van der Waals surface area contributed by atoms with Crippen molar-refractivity contribution in [2.45, 2.75) is 0 Å². The molecule has 0 aliphatic heterocycles. The number of nitrogens with zero attached hydrogens (tertiary/aromatic N) is 1. The molecule has 52 valence electrons. The van der Waals surface area contributed by atoms with Crippen molar-refractivity contribution >= 4 is 13.1 Å². The van der Waals surface area contributed by atoms with E-state index in [1.54, 1.807) is 24.5 Å². The quantitative estimate of drug-likeness (QED) is 0.535. The van der Waals surface area contributed by atoms with Gasteiger partial charge in [0, 0.05) is 18.0 Å². The summed E-state index contributed by atoms with van der Waals surface area (Å²) in [6, 6.07) is 3.32. The molecule has 0 aliphatic rings. The highest BCUT2D eigenvalue weighted by Crippen LogP contribution is 1.88. The lowest BCUT2D eigenvalue weighted by atomic mass is 10.3. The van der Waals surface area contributed by atoms with Crippen LogP contribution in [0.1, 0.15) is 10.4 Å². The van der Waals surface area contributed by atoms with E-state index < -0.39 is 0 Å². The van der Waals surface area contributed by atoms with Gasteiger partial charge in [-0.15, -0.1) is 0 Å². The highest BCUT2D eigenvalue weighted by Gasteiger charge is 1.80. The molecule has 0 atom stereocenters. The van der Waals surface area contributed by atoms with Crippen LogP contribution < -0.4 is 0 Å². The van der Waals surface area contributed by atoms with Crippen LogP contribution in [0.4, 0.5) is 0 Å². The molecule has 0 saturated carbocycles. The lowest BCUT2D eigenvalue weighted by Gasteiger charge is -1.81. The third-order valence-electron chi connectivity index (χ3n) is 0.842. The first-order valence-corrected chi connectivity index (χ1v) is 2.57. The molecular weight excluding hydrogens is 130 g/mol. The number of carbonyl (C=O) groups is 2. The average Bonchev–Trinajstić information content (AvgIpc) is 2.10. The zero-order valence-electron chi connectivity index (χ0n) is 5.36. The fraction of sp³-hybridized carbons (Fsp3) is 0. The highest BCUT2D eigenvalue weighted by molar-refractivity contribution is 5.73. The first-order chi connectivity index (χ1) is 4.93. The van der Waals surface area contributed by atoms with Gasteiger partial charge in [0.2, 0.25) is 0 Å². The fourth-order valence-electron chi connectivity index (χ4n) is 0.442. The zero-order valence-corrected chi connectivity index (χ0v) is 5.36. The van der Waals surface area contributed by atoms with Crippen molar-refractivity contribution in [2.75, 3.05) is 0 Å². The summed E-state index contributed by atoms with van der Waals surface area (Å²) in [6.07, 6.45) is 3.97. The van der Waals surface area contributed by atoms with Crippen LogP contribution in [0.15, 0.2) is 24.5 Å². The second-order valence-electron chi connectivity index (χ2n) is 1.40. The number of hydrogen-bond acceptors (Lipinski definition) is 3. The molecule has 0 aliphatic carbocycles.